The highest BCUT2D eigenvalue weighted by Crippen LogP contribution is 2.32. The highest BCUT2D eigenvalue weighted by atomic mass is 19.4. The van der Waals surface area contributed by atoms with Crippen LogP contribution in [0.5, 0.6) is 0 Å². The van der Waals surface area contributed by atoms with Gasteiger partial charge in [0.2, 0.25) is 5.91 Å². The van der Waals surface area contributed by atoms with Gasteiger partial charge in [-0.05, 0) is 30.5 Å². The monoisotopic (exact) mass is 349 g/mol. The molecule has 1 aliphatic heterocycles. The molecule has 0 unspecified atom stereocenters. The fourth-order valence-electron chi connectivity index (χ4n) is 3.21. The molecule has 1 aromatic carbocycles. The number of carbonyl (C=O) groups is 1. The quantitative estimate of drug-likeness (QED) is 0.853. The van der Waals surface area contributed by atoms with Crippen LogP contribution in [0.3, 0.4) is 0 Å². The summed E-state index contributed by atoms with van der Waals surface area (Å²) >= 11 is 0. The van der Waals surface area contributed by atoms with Crippen LogP contribution < -0.4 is 0 Å². The lowest BCUT2D eigenvalue weighted by atomic mass is 9.94. The topological polar surface area (TPSA) is 46.1 Å². The molecule has 0 aliphatic carbocycles. The predicted octanol–water partition coefficient (Wildman–Crippen LogP) is 3.44. The summed E-state index contributed by atoms with van der Waals surface area (Å²) in [7, 11) is 0. The van der Waals surface area contributed by atoms with E-state index < -0.39 is 11.7 Å². The Balaban J connectivity index is 1.72. The molecule has 1 saturated heterocycles. The second-order valence-corrected chi connectivity index (χ2v) is 6.14. The minimum Gasteiger partial charge on any atom is -0.342 e. The third-order valence-corrected chi connectivity index (χ3v) is 4.46. The molecule has 1 fully saturated rings. The Bertz CT molecular complexity index is 734. The number of carbonyl (C=O) groups excluding carboxylic acids is 1. The van der Waals surface area contributed by atoms with Crippen molar-refractivity contribution >= 4 is 5.91 Å². The normalized spacial score (nSPS) is 18.2. The molecule has 0 N–H and O–H groups in total. The molecule has 132 valence electrons. The van der Waals surface area contributed by atoms with Crippen LogP contribution in [0.25, 0.3) is 0 Å². The van der Waals surface area contributed by atoms with Gasteiger partial charge in [-0.15, -0.1) is 0 Å². The van der Waals surface area contributed by atoms with Crippen molar-refractivity contribution in [1.82, 2.24) is 14.9 Å². The van der Waals surface area contributed by atoms with Gasteiger partial charge in [0.1, 0.15) is 6.33 Å². The summed E-state index contributed by atoms with van der Waals surface area (Å²) in [5, 5.41) is 0. The second-order valence-electron chi connectivity index (χ2n) is 6.14. The Hall–Kier alpha value is -2.44. The van der Waals surface area contributed by atoms with Crippen LogP contribution in [-0.2, 0) is 17.4 Å². The Morgan fingerprint density at radius 3 is 2.76 bits per heavy atom. The lowest BCUT2D eigenvalue weighted by molar-refractivity contribution is -0.138. The third kappa shape index (κ3) is 4.15. The molecule has 7 heteroatoms. The second kappa shape index (κ2) is 7.21. The van der Waals surface area contributed by atoms with Gasteiger partial charge in [0.05, 0.1) is 12.0 Å². The van der Waals surface area contributed by atoms with Crippen molar-refractivity contribution in [3.05, 3.63) is 59.7 Å². The molecule has 3 rings (SSSR count). The van der Waals surface area contributed by atoms with Gasteiger partial charge in [0.15, 0.2) is 0 Å². The van der Waals surface area contributed by atoms with E-state index in [4.69, 9.17) is 0 Å². The van der Waals surface area contributed by atoms with Crippen LogP contribution in [0.1, 0.15) is 35.6 Å². The van der Waals surface area contributed by atoms with Gasteiger partial charge >= 0.3 is 6.18 Å². The van der Waals surface area contributed by atoms with Crippen molar-refractivity contribution in [2.45, 2.75) is 31.4 Å². The van der Waals surface area contributed by atoms with Gasteiger partial charge in [0.25, 0.3) is 0 Å². The number of halogens is 3. The zero-order valence-electron chi connectivity index (χ0n) is 13.5. The number of likely N-dealkylation sites (tertiary alicyclic amines) is 1. The van der Waals surface area contributed by atoms with Crippen molar-refractivity contribution < 1.29 is 18.0 Å². The van der Waals surface area contributed by atoms with Gasteiger partial charge in [-0.2, -0.15) is 13.2 Å². The van der Waals surface area contributed by atoms with E-state index in [1.165, 1.54) is 24.5 Å². The number of nitrogens with zero attached hydrogens (tertiary/aromatic N) is 3. The molecular formula is C18H18F3N3O. The SMILES string of the molecule is O=C(Cc1ccccc1C(F)(F)F)N1CCC[C@@H](c2ccncn2)C1. The maximum Gasteiger partial charge on any atom is 0.416 e. The number of hydrogen-bond donors (Lipinski definition) is 0. The number of hydrogen-bond acceptors (Lipinski definition) is 3. The first-order valence-corrected chi connectivity index (χ1v) is 8.14. The summed E-state index contributed by atoms with van der Waals surface area (Å²) in [6.45, 7) is 1.04. The van der Waals surface area contributed by atoms with Crippen LogP contribution in [0.2, 0.25) is 0 Å². The molecule has 0 saturated carbocycles. The highest BCUT2D eigenvalue weighted by Gasteiger charge is 2.34. The fraction of sp³-hybridized carbons (Fsp3) is 0.389. The first kappa shape index (κ1) is 17.4. The van der Waals surface area contributed by atoms with E-state index in [1.807, 2.05) is 6.07 Å². The van der Waals surface area contributed by atoms with E-state index in [2.05, 4.69) is 9.97 Å². The summed E-state index contributed by atoms with van der Waals surface area (Å²) in [6, 6.07) is 7.06. The minimum atomic E-state index is -4.46. The molecule has 1 aromatic heterocycles. The first-order chi connectivity index (χ1) is 11.9. The average molecular weight is 349 g/mol. The first-order valence-electron chi connectivity index (χ1n) is 8.14. The number of benzene rings is 1. The Kier molecular flexibility index (Phi) is 5.01. The van der Waals surface area contributed by atoms with Crippen LogP contribution >= 0.6 is 0 Å². The standard InChI is InChI=1S/C18H18F3N3O/c19-18(20,21)15-6-2-1-4-13(15)10-17(25)24-9-3-5-14(11-24)16-7-8-22-12-23-16/h1-2,4,6-8,12,14H,3,5,9-11H2/t14-/m1/s1. The largest absolute Gasteiger partial charge is 0.416 e. The zero-order valence-corrected chi connectivity index (χ0v) is 13.5. The van der Waals surface area contributed by atoms with Crippen LogP contribution in [-0.4, -0.2) is 33.9 Å². The molecule has 1 atom stereocenters. The molecule has 1 aliphatic rings. The van der Waals surface area contributed by atoms with Gasteiger partial charge < -0.3 is 4.90 Å². The number of piperidine rings is 1. The highest BCUT2D eigenvalue weighted by molar-refractivity contribution is 5.79. The summed E-state index contributed by atoms with van der Waals surface area (Å²) in [4.78, 5) is 22.3. The van der Waals surface area contributed by atoms with Crippen molar-refractivity contribution in [1.29, 1.82) is 0 Å². The Labute approximate surface area is 143 Å². The molecule has 0 bridgehead atoms. The van der Waals surface area contributed by atoms with Gasteiger partial charge in [-0.3, -0.25) is 4.79 Å². The molecule has 4 nitrogen and oxygen atoms in total. The van der Waals surface area contributed by atoms with Crippen LogP contribution in [0, 0.1) is 0 Å². The lowest BCUT2D eigenvalue weighted by Crippen LogP contribution is -2.40. The smallest absolute Gasteiger partial charge is 0.342 e. The van der Waals surface area contributed by atoms with Crippen molar-refractivity contribution in [3.63, 3.8) is 0 Å². The summed E-state index contributed by atoms with van der Waals surface area (Å²) in [6.07, 6.45) is 0.133. The van der Waals surface area contributed by atoms with Crippen LogP contribution in [0.15, 0.2) is 42.9 Å². The Morgan fingerprint density at radius 2 is 2.04 bits per heavy atom. The van der Waals surface area contributed by atoms with Gasteiger partial charge in [-0.25, -0.2) is 9.97 Å². The van der Waals surface area contributed by atoms with E-state index in [9.17, 15) is 18.0 Å². The predicted molar refractivity (Wildman–Crippen MR) is 85.7 cm³/mol. The zero-order chi connectivity index (χ0) is 17.9. The van der Waals surface area contributed by atoms with E-state index in [0.717, 1.165) is 24.6 Å². The van der Waals surface area contributed by atoms with E-state index >= 15 is 0 Å². The van der Waals surface area contributed by atoms with Crippen molar-refractivity contribution in [2.75, 3.05) is 13.1 Å². The van der Waals surface area contributed by atoms with Crippen molar-refractivity contribution in [3.8, 4) is 0 Å². The lowest BCUT2D eigenvalue weighted by Gasteiger charge is -2.32. The molecule has 1 amide bonds. The van der Waals surface area contributed by atoms with Gasteiger partial charge in [0, 0.05) is 30.9 Å². The maximum absolute atomic E-state index is 13.1. The summed E-state index contributed by atoms with van der Waals surface area (Å²) in [5.74, 6) is -0.186. The van der Waals surface area contributed by atoms with E-state index in [1.54, 1.807) is 11.1 Å². The number of alkyl halides is 3. The van der Waals surface area contributed by atoms with E-state index in [0.29, 0.717) is 13.1 Å². The van der Waals surface area contributed by atoms with Crippen molar-refractivity contribution in [2.24, 2.45) is 0 Å². The molecule has 0 radical (unpaired) electrons. The third-order valence-electron chi connectivity index (χ3n) is 4.46. The maximum atomic E-state index is 13.1. The number of rotatable bonds is 3. The minimum absolute atomic E-state index is 0.0177. The molecule has 25 heavy (non-hydrogen) atoms. The summed E-state index contributed by atoms with van der Waals surface area (Å²) < 4.78 is 39.3. The number of amides is 1. The average Bonchev–Trinajstić information content (AvgIpc) is 2.62. The van der Waals surface area contributed by atoms with E-state index in [-0.39, 0.29) is 23.8 Å². The molecule has 2 heterocycles. The van der Waals surface area contributed by atoms with Gasteiger partial charge in [-0.1, -0.05) is 18.2 Å². The molecule has 2 aromatic rings. The molecular weight excluding hydrogens is 331 g/mol. The number of aromatic nitrogens is 2. The molecule has 0 spiro atoms. The van der Waals surface area contributed by atoms with Crippen LogP contribution in [0.4, 0.5) is 13.2 Å². The fourth-order valence-corrected chi connectivity index (χ4v) is 3.21. The summed E-state index contributed by atoms with van der Waals surface area (Å²) in [5.41, 5.74) is 0.139. The Morgan fingerprint density at radius 1 is 1.24 bits per heavy atom.